The topological polar surface area (TPSA) is 30.7 Å². The molecule has 2 heterocycles. The molecular weight excluding hydrogens is 310 g/mol. The number of ketones is 1. The van der Waals surface area contributed by atoms with Gasteiger partial charge in [-0.25, -0.2) is 0 Å². The molecule has 0 aliphatic carbocycles. The van der Waals surface area contributed by atoms with Gasteiger partial charge in [0.2, 0.25) is 5.78 Å². The number of aromatic nitrogens is 1. The predicted molar refractivity (Wildman–Crippen MR) is 98.5 cm³/mol. The molecule has 0 amide bonds. The number of para-hydroxylation sites is 1. The number of fused-ring (bicyclic) bond motifs is 1. The Balaban J connectivity index is 1.63. The first-order chi connectivity index (χ1) is 12.2. The molecule has 3 nitrogen and oxygen atoms in total. The van der Waals surface area contributed by atoms with E-state index in [9.17, 15) is 4.79 Å². The Morgan fingerprint density at radius 1 is 0.840 bits per heavy atom. The van der Waals surface area contributed by atoms with Crippen LogP contribution in [0.5, 0.6) is 11.5 Å². The van der Waals surface area contributed by atoms with Crippen molar-refractivity contribution in [3.63, 3.8) is 0 Å². The summed E-state index contributed by atoms with van der Waals surface area (Å²) in [5.41, 5.74) is 3.34. The first-order valence-corrected chi connectivity index (χ1v) is 8.17. The largest absolute Gasteiger partial charge is 0.457 e. The SMILES string of the molecule is Cc1cc2ccccn2c1C(=O)c1ccc(Oc2ccccc2)cc1. The molecule has 0 N–H and O–H groups in total. The number of rotatable bonds is 4. The van der Waals surface area contributed by atoms with Crippen LogP contribution in [0, 0.1) is 6.92 Å². The van der Waals surface area contributed by atoms with Gasteiger partial charge in [0, 0.05) is 17.3 Å². The van der Waals surface area contributed by atoms with E-state index in [4.69, 9.17) is 4.74 Å². The van der Waals surface area contributed by atoms with Crippen molar-refractivity contribution in [3.05, 3.63) is 102 Å². The second-order valence-corrected chi connectivity index (χ2v) is 5.94. The van der Waals surface area contributed by atoms with Crippen molar-refractivity contribution >= 4 is 11.3 Å². The summed E-state index contributed by atoms with van der Waals surface area (Å²) in [5, 5.41) is 0. The molecular formula is C22H17NO2. The van der Waals surface area contributed by atoms with E-state index < -0.39 is 0 Å². The Morgan fingerprint density at radius 3 is 2.28 bits per heavy atom. The van der Waals surface area contributed by atoms with E-state index in [1.165, 1.54) is 0 Å². The van der Waals surface area contributed by atoms with E-state index in [-0.39, 0.29) is 5.78 Å². The molecule has 0 atom stereocenters. The third kappa shape index (κ3) is 2.92. The second-order valence-electron chi connectivity index (χ2n) is 5.94. The number of aryl methyl sites for hydroxylation is 1. The zero-order valence-electron chi connectivity index (χ0n) is 13.8. The van der Waals surface area contributed by atoms with Gasteiger partial charge in [-0.05, 0) is 67.1 Å². The van der Waals surface area contributed by atoms with Gasteiger partial charge in [-0.15, -0.1) is 0 Å². The molecule has 0 bridgehead atoms. The number of pyridine rings is 1. The van der Waals surface area contributed by atoms with Crippen molar-refractivity contribution in [1.82, 2.24) is 4.40 Å². The Bertz CT molecular complexity index is 1030. The molecule has 0 spiro atoms. The van der Waals surface area contributed by atoms with Crippen LogP contribution in [0.15, 0.2) is 85.1 Å². The highest BCUT2D eigenvalue weighted by molar-refractivity contribution is 6.09. The van der Waals surface area contributed by atoms with Crippen LogP contribution in [0.4, 0.5) is 0 Å². The fourth-order valence-electron chi connectivity index (χ4n) is 2.98. The molecule has 0 aliphatic heterocycles. The van der Waals surface area contributed by atoms with Gasteiger partial charge >= 0.3 is 0 Å². The van der Waals surface area contributed by atoms with Crippen LogP contribution in [0.2, 0.25) is 0 Å². The summed E-state index contributed by atoms with van der Waals surface area (Å²) < 4.78 is 7.72. The normalized spacial score (nSPS) is 10.8. The van der Waals surface area contributed by atoms with E-state index in [1.54, 1.807) is 0 Å². The van der Waals surface area contributed by atoms with Gasteiger partial charge in [0.25, 0.3) is 0 Å². The molecule has 2 aromatic carbocycles. The summed E-state index contributed by atoms with van der Waals surface area (Å²) in [6.45, 7) is 1.97. The first-order valence-electron chi connectivity index (χ1n) is 8.17. The molecule has 2 aromatic heterocycles. The molecule has 3 heteroatoms. The van der Waals surface area contributed by atoms with Gasteiger partial charge in [0.05, 0.1) is 5.69 Å². The first kappa shape index (κ1) is 15.2. The molecule has 0 saturated carbocycles. The summed E-state index contributed by atoms with van der Waals surface area (Å²) in [5.74, 6) is 1.49. The average molecular weight is 327 g/mol. The number of benzene rings is 2. The van der Waals surface area contributed by atoms with E-state index in [2.05, 4.69) is 0 Å². The summed E-state index contributed by atoms with van der Waals surface area (Å²) in [6, 6.07) is 24.8. The van der Waals surface area contributed by atoms with Gasteiger partial charge < -0.3 is 9.14 Å². The summed E-state index contributed by atoms with van der Waals surface area (Å²) >= 11 is 0. The van der Waals surface area contributed by atoms with Crippen molar-refractivity contribution in [2.75, 3.05) is 0 Å². The van der Waals surface area contributed by atoms with Crippen LogP contribution >= 0.6 is 0 Å². The molecule has 4 rings (SSSR count). The van der Waals surface area contributed by atoms with Gasteiger partial charge in [0.15, 0.2) is 0 Å². The maximum absolute atomic E-state index is 13.0. The highest BCUT2D eigenvalue weighted by atomic mass is 16.5. The number of carbonyl (C=O) groups is 1. The minimum atomic E-state index is 0.00922. The quantitative estimate of drug-likeness (QED) is 0.478. The van der Waals surface area contributed by atoms with Crippen LogP contribution in [0.1, 0.15) is 21.6 Å². The highest BCUT2D eigenvalue weighted by Gasteiger charge is 2.16. The Labute approximate surface area is 146 Å². The third-order valence-electron chi connectivity index (χ3n) is 4.18. The standard InChI is InChI=1S/C22H17NO2/c1-16-15-18-7-5-6-14-23(18)21(16)22(24)17-10-12-20(13-11-17)25-19-8-3-2-4-9-19/h2-15H,1H3. The summed E-state index contributed by atoms with van der Waals surface area (Å²) in [4.78, 5) is 13.0. The number of nitrogens with zero attached hydrogens (tertiary/aromatic N) is 1. The minimum absolute atomic E-state index is 0.00922. The second kappa shape index (κ2) is 6.29. The van der Waals surface area contributed by atoms with Crippen molar-refractivity contribution in [2.45, 2.75) is 6.92 Å². The van der Waals surface area contributed by atoms with Crippen LogP contribution < -0.4 is 4.74 Å². The zero-order chi connectivity index (χ0) is 17.2. The monoisotopic (exact) mass is 327 g/mol. The lowest BCUT2D eigenvalue weighted by molar-refractivity contribution is 0.103. The number of hydrogen-bond donors (Lipinski definition) is 0. The smallest absolute Gasteiger partial charge is 0.210 e. The lowest BCUT2D eigenvalue weighted by atomic mass is 10.1. The van der Waals surface area contributed by atoms with Crippen molar-refractivity contribution in [3.8, 4) is 11.5 Å². The fourth-order valence-corrected chi connectivity index (χ4v) is 2.98. The fraction of sp³-hybridized carbons (Fsp3) is 0.0455. The van der Waals surface area contributed by atoms with Gasteiger partial charge in [0.1, 0.15) is 11.5 Å². The maximum atomic E-state index is 13.0. The molecule has 0 unspecified atom stereocenters. The van der Waals surface area contributed by atoms with Crippen LogP contribution in [-0.4, -0.2) is 10.2 Å². The van der Waals surface area contributed by atoms with Crippen molar-refractivity contribution in [2.24, 2.45) is 0 Å². The molecule has 25 heavy (non-hydrogen) atoms. The van der Waals surface area contributed by atoms with Crippen molar-refractivity contribution in [1.29, 1.82) is 0 Å². The van der Waals surface area contributed by atoms with Crippen molar-refractivity contribution < 1.29 is 9.53 Å². The number of carbonyl (C=O) groups excluding carboxylic acids is 1. The lowest BCUT2D eigenvalue weighted by Crippen LogP contribution is -2.06. The number of ether oxygens (including phenoxy) is 1. The van der Waals surface area contributed by atoms with Crippen LogP contribution in [0.25, 0.3) is 5.52 Å². The highest BCUT2D eigenvalue weighted by Crippen LogP contribution is 2.24. The zero-order valence-corrected chi connectivity index (χ0v) is 13.8. The number of hydrogen-bond acceptors (Lipinski definition) is 2. The molecule has 0 saturated heterocycles. The molecule has 0 radical (unpaired) electrons. The Hall–Kier alpha value is -3.33. The van der Waals surface area contributed by atoms with E-state index in [0.29, 0.717) is 17.0 Å². The van der Waals surface area contributed by atoms with Gasteiger partial charge in [-0.1, -0.05) is 24.3 Å². The average Bonchev–Trinajstić information content (AvgIpc) is 2.98. The van der Waals surface area contributed by atoms with Crippen LogP contribution in [0.3, 0.4) is 0 Å². The molecule has 4 aromatic rings. The molecule has 122 valence electrons. The molecule has 0 aliphatic rings. The summed E-state index contributed by atoms with van der Waals surface area (Å²) in [6.07, 6.45) is 1.92. The van der Waals surface area contributed by atoms with E-state index >= 15 is 0 Å². The predicted octanol–water partition coefficient (Wildman–Crippen LogP) is 5.27. The van der Waals surface area contributed by atoms with Crippen LogP contribution in [-0.2, 0) is 0 Å². The minimum Gasteiger partial charge on any atom is -0.457 e. The summed E-state index contributed by atoms with van der Waals surface area (Å²) in [7, 11) is 0. The van der Waals surface area contributed by atoms with E-state index in [0.717, 1.165) is 16.8 Å². The Morgan fingerprint density at radius 2 is 1.52 bits per heavy atom. The Kier molecular flexibility index (Phi) is 3.82. The lowest BCUT2D eigenvalue weighted by Gasteiger charge is -2.07. The third-order valence-corrected chi connectivity index (χ3v) is 4.18. The molecule has 0 fully saturated rings. The van der Waals surface area contributed by atoms with Gasteiger partial charge in [-0.3, -0.25) is 4.79 Å². The van der Waals surface area contributed by atoms with Gasteiger partial charge in [-0.2, -0.15) is 0 Å². The maximum Gasteiger partial charge on any atom is 0.210 e. The van der Waals surface area contributed by atoms with E-state index in [1.807, 2.05) is 96.4 Å².